The van der Waals surface area contributed by atoms with Crippen LogP contribution in [0.3, 0.4) is 0 Å². The summed E-state index contributed by atoms with van der Waals surface area (Å²) in [5.41, 5.74) is 3.76. The smallest absolute Gasteiger partial charge is 0.139 e. The first-order chi connectivity index (χ1) is 8.43. The van der Waals surface area contributed by atoms with Crippen LogP contribution in [0, 0.1) is 0 Å². The highest BCUT2D eigenvalue weighted by Crippen LogP contribution is 2.12. The van der Waals surface area contributed by atoms with Crippen LogP contribution in [0.5, 0.6) is 0 Å². The van der Waals surface area contributed by atoms with Gasteiger partial charge in [0.05, 0.1) is 0 Å². The maximum Gasteiger partial charge on any atom is 0.139 e. The van der Waals surface area contributed by atoms with Crippen molar-refractivity contribution in [3.05, 3.63) is 72.2 Å². The molecule has 0 N–H and O–H groups in total. The molecule has 84 valence electrons. The Morgan fingerprint density at radius 2 is 1.76 bits per heavy atom. The minimum absolute atomic E-state index is 1.03. The van der Waals surface area contributed by atoms with Gasteiger partial charge in [0.2, 0.25) is 0 Å². The van der Waals surface area contributed by atoms with Gasteiger partial charge in [-0.2, -0.15) is 0 Å². The highest BCUT2D eigenvalue weighted by Gasteiger charge is 2.02. The zero-order valence-corrected chi connectivity index (χ0v) is 9.58. The number of imidazole rings is 1. The second kappa shape index (κ2) is 4.42. The molecule has 0 aliphatic carbocycles. The predicted octanol–water partition coefficient (Wildman–Crippen LogP) is 3.12. The Morgan fingerprint density at radius 1 is 0.882 bits per heavy atom. The van der Waals surface area contributed by atoms with Gasteiger partial charge in [0.25, 0.3) is 0 Å². The van der Waals surface area contributed by atoms with Gasteiger partial charge in [0, 0.05) is 18.6 Å². The van der Waals surface area contributed by atoms with Crippen LogP contribution in [0.4, 0.5) is 0 Å². The van der Waals surface area contributed by atoms with E-state index in [1.54, 1.807) is 0 Å². The van der Waals surface area contributed by atoms with Crippen molar-refractivity contribution in [1.29, 1.82) is 0 Å². The van der Waals surface area contributed by atoms with E-state index in [1.165, 1.54) is 11.1 Å². The standard InChI is InChI=1S/C15H14N2/c1-2-5-13(6-3-1)8-9-14-7-4-11-17-12-10-16-15(14)17/h1-7,10-12H,8-9H2. The van der Waals surface area contributed by atoms with Crippen molar-refractivity contribution in [2.45, 2.75) is 12.8 Å². The molecule has 2 nitrogen and oxygen atoms in total. The van der Waals surface area contributed by atoms with E-state index in [2.05, 4.69) is 51.8 Å². The molecule has 0 radical (unpaired) electrons. The summed E-state index contributed by atoms with van der Waals surface area (Å²) in [6.07, 6.45) is 7.97. The number of aromatic nitrogens is 2. The fourth-order valence-corrected chi connectivity index (χ4v) is 2.13. The third-order valence-corrected chi connectivity index (χ3v) is 3.03. The van der Waals surface area contributed by atoms with E-state index in [0.717, 1.165) is 18.5 Å². The largest absolute Gasteiger partial charge is 0.307 e. The molecule has 0 atom stereocenters. The van der Waals surface area contributed by atoms with Gasteiger partial charge >= 0.3 is 0 Å². The second-order valence-electron chi connectivity index (χ2n) is 4.18. The maximum absolute atomic E-state index is 4.39. The van der Waals surface area contributed by atoms with E-state index < -0.39 is 0 Å². The highest BCUT2D eigenvalue weighted by atomic mass is 15.0. The average Bonchev–Trinajstić information content (AvgIpc) is 2.86. The summed E-state index contributed by atoms with van der Waals surface area (Å²) in [6.45, 7) is 0. The van der Waals surface area contributed by atoms with Gasteiger partial charge in [-0.05, 0) is 30.0 Å². The lowest BCUT2D eigenvalue weighted by molar-refractivity contribution is 0.952. The van der Waals surface area contributed by atoms with E-state index in [0.29, 0.717) is 0 Å². The summed E-state index contributed by atoms with van der Waals surface area (Å²) >= 11 is 0. The zero-order valence-electron chi connectivity index (χ0n) is 9.58. The van der Waals surface area contributed by atoms with E-state index in [1.807, 2.05) is 18.6 Å². The molecule has 2 heterocycles. The van der Waals surface area contributed by atoms with Crippen LogP contribution < -0.4 is 0 Å². The van der Waals surface area contributed by atoms with E-state index >= 15 is 0 Å². The number of benzene rings is 1. The van der Waals surface area contributed by atoms with Crippen molar-refractivity contribution in [1.82, 2.24) is 9.38 Å². The SMILES string of the molecule is c1ccc(CCc2cccn3ccnc23)cc1. The Morgan fingerprint density at radius 3 is 2.65 bits per heavy atom. The van der Waals surface area contributed by atoms with Gasteiger partial charge in [-0.25, -0.2) is 4.98 Å². The van der Waals surface area contributed by atoms with Gasteiger partial charge in [0.1, 0.15) is 5.65 Å². The van der Waals surface area contributed by atoms with Crippen LogP contribution in [0.15, 0.2) is 61.1 Å². The summed E-state index contributed by atoms with van der Waals surface area (Å²) < 4.78 is 2.07. The molecule has 0 bridgehead atoms. The molecule has 1 aromatic carbocycles. The topological polar surface area (TPSA) is 17.3 Å². The molecule has 0 aliphatic heterocycles. The molecule has 0 unspecified atom stereocenters. The molecule has 3 rings (SSSR count). The number of hydrogen-bond acceptors (Lipinski definition) is 1. The van der Waals surface area contributed by atoms with Crippen molar-refractivity contribution in [2.75, 3.05) is 0 Å². The Balaban J connectivity index is 1.84. The van der Waals surface area contributed by atoms with E-state index in [9.17, 15) is 0 Å². The number of hydrogen-bond donors (Lipinski definition) is 0. The molecule has 0 saturated heterocycles. The van der Waals surface area contributed by atoms with Gasteiger partial charge < -0.3 is 4.40 Å². The fourth-order valence-electron chi connectivity index (χ4n) is 2.13. The van der Waals surface area contributed by atoms with Crippen LogP contribution in [0.25, 0.3) is 5.65 Å². The minimum Gasteiger partial charge on any atom is -0.307 e. The lowest BCUT2D eigenvalue weighted by Crippen LogP contribution is -1.95. The van der Waals surface area contributed by atoms with E-state index in [4.69, 9.17) is 0 Å². The van der Waals surface area contributed by atoms with Crippen molar-refractivity contribution in [2.24, 2.45) is 0 Å². The van der Waals surface area contributed by atoms with Crippen LogP contribution >= 0.6 is 0 Å². The molecule has 3 aromatic rings. The summed E-state index contributed by atoms with van der Waals surface area (Å²) in [7, 11) is 0. The normalized spacial score (nSPS) is 10.8. The number of fused-ring (bicyclic) bond motifs is 1. The molecule has 2 aromatic heterocycles. The quantitative estimate of drug-likeness (QED) is 0.665. The molecule has 0 aliphatic rings. The third-order valence-electron chi connectivity index (χ3n) is 3.03. The predicted molar refractivity (Wildman–Crippen MR) is 69.0 cm³/mol. The summed E-state index contributed by atoms with van der Waals surface area (Å²) in [5, 5.41) is 0. The van der Waals surface area contributed by atoms with Gasteiger partial charge in [0.15, 0.2) is 0 Å². The number of rotatable bonds is 3. The highest BCUT2D eigenvalue weighted by molar-refractivity contribution is 5.47. The lowest BCUT2D eigenvalue weighted by Gasteiger charge is -2.03. The summed E-state index contributed by atoms with van der Waals surface area (Å²) in [5.74, 6) is 0. The first kappa shape index (κ1) is 10.1. The van der Waals surface area contributed by atoms with Crippen molar-refractivity contribution < 1.29 is 0 Å². The number of nitrogens with zero attached hydrogens (tertiary/aromatic N) is 2. The zero-order chi connectivity index (χ0) is 11.5. The average molecular weight is 222 g/mol. The molecule has 0 saturated carbocycles. The first-order valence-electron chi connectivity index (χ1n) is 5.88. The van der Waals surface area contributed by atoms with Gasteiger partial charge in [-0.15, -0.1) is 0 Å². The van der Waals surface area contributed by atoms with Crippen LogP contribution in [-0.2, 0) is 12.8 Å². The van der Waals surface area contributed by atoms with Crippen LogP contribution in [0.1, 0.15) is 11.1 Å². The van der Waals surface area contributed by atoms with Crippen molar-refractivity contribution in [3.63, 3.8) is 0 Å². The minimum atomic E-state index is 1.03. The van der Waals surface area contributed by atoms with E-state index in [-0.39, 0.29) is 0 Å². The van der Waals surface area contributed by atoms with Crippen molar-refractivity contribution >= 4 is 5.65 Å². The Hall–Kier alpha value is -2.09. The molecular formula is C15H14N2. The van der Waals surface area contributed by atoms with Crippen LogP contribution in [0.2, 0.25) is 0 Å². The molecular weight excluding hydrogens is 208 g/mol. The molecule has 0 spiro atoms. The third kappa shape index (κ3) is 2.07. The van der Waals surface area contributed by atoms with Crippen LogP contribution in [-0.4, -0.2) is 9.38 Å². The summed E-state index contributed by atoms with van der Waals surface area (Å²) in [6, 6.07) is 14.8. The molecule has 0 fully saturated rings. The monoisotopic (exact) mass is 222 g/mol. The number of pyridine rings is 1. The fraction of sp³-hybridized carbons (Fsp3) is 0.133. The molecule has 0 amide bonds. The number of aryl methyl sites for hydroxylation is 2. The summed E-state index contributed by atoms with van der Waals surface area (Å²) in [4.78, 5) is 4.39. The lowest BCUT2D eigenvalue weighted by atomic mass is 10.1. The first-order valence-corrected chi connectivity index (χ1v) is 5.88. The van der Waals surface area contributed by atoms with Crippen molar-refractivity contribution in [3.8, 4) is 0 Å². The second-order valence-corrected chi connectivity index (χ2v) is 4.18. The molecule has 17 heavy (non-hydrogen) atoms. The van der Waals surface area contributed by atoms with Gasteiger partial charge in [-0.1, -0.05) is 36.4 Å². The maximum atomic E-state index is 4.39. The van der Waals surface area contributed by atoms with Gasteiger partial charge in [-0.3, -0.25) is 0 Å². The Bertz CT molecular complexity index is 611. The Kier molecular flexibility index (Phi) is 2.62. The molecule has 2 heteroatoms. The Labute approximate surface area is 101 Å².